The van der Waals surface area contributed by atoms with E-state index in [0.717, 1.165) is 11.3 Å². The second-order valence-corrected chi connectivity index (χ2v) is 6.06. The van der Waals surface area contributed by atoms with Crippen molar-refractivity contribution in [3.05, 3.63) is 41.2 Å². The van der Waals surface area contributed by atoms with Crippen LogP contribution in [0.4, 0.5) is 17.3 Å². The van der Waals surface area contributed by atoms with Crippen molar-refractivity contribution < 1.29 is 14.3 Å². The summed E-state index contributed by atoms with van der Waals surface area (Å²) in [6.07, 6.45) is 0.454. The lowest BCUT2D eigenvalue weighted by molar-refractivity contribution is -0.139. The van der Waals surface area contributed by atoms with Gasteiger partial charge in [0.25, 0.3) is 0 Å². The zero-order chi connectivity index (χ0) is 18.7. The number of hydrogen-bond acceptors (Lipinski definition) is 7. The average Bonchev–Trinajstić information content (AvgIpc) is 2.91. The normalized spacial score (nSPS) is 12.8. The standard InChI is InChI=1S/C18H21N5O3/c1-11-21-17(19)14-10-15(24)23(18(14)22-11)7-6-20-13-5-3-4-12(8-13)9-16(25)26-2/h3-5,8,20H,6-7,9-10H2,1-2H3,(H2,19,21,22). The van der Waals surface area contributed by atoms with E-state index >= 15 is 0 Å². The number of rotatable bonds is 6. The van der Waals surface area contributed by atoms with E-state index in [1.807, 2.05) is 24.3 Å². The van der Waals surface area contributed by atoms with E-state index in [1.165, 1.54) is 7.11 Å². The van der Waals surface area contributed by atoms with Gasteiger partial charge < -0.3 is 15.8 Å². The number of aromatic nitrogens is 2. The largest absolute Gasteiger partial charge is 0.469 e. The van der Waals surface area contributed by atoms with E-state index in [4.69, 9.17) is 5.73 Å². The summed E-state index contributed by atoms with van der Waals surface area (Å²) in [6, 6.07) is 7.53. The van der Waals surface area contributed by atoms with Crippen LogP contribution in [-0.4, -0.2) is 42.0 Å². The van der Waals surface area contributed by atoms with Crippen LogP contribution in [0.1, 0.15) is 17.0 Å². The first-order chi connectivity index (χ1) is 12.5. The van der Waals surface area contributed by atoms with Crippen molar-refractivity contribution in [1.29, 1.82) is 0 Å². The Morgan fingerprint density at radius 3 is 2.96 bits per heavy atom. The Morgan fingerprint density at radius 2 is 2.19 bits per heavy atom. The molecule has 2 heterocycles. The van der Waals surface area contributed by atoms with Crippen molar-refractivity contribution in [3.63, 3.8) is 0 Å². The summed E-state index contributed by atoms with van der Waals surface area (Å²) in [7, 11) is 1.37. The summed E-state index contributed by atoms with van der Waals surface area (Å²) in [5.41, 5.74) is 8.33. The number of methoxy groups -OCH3 is 1. The Balaban J connectivity index is 1.64. The fraction of sp³-hybridized carbons (Fsp3) is 0.333. The monoisotopic (exact) mass is 355 g/mol. The molecule has 0 fully saturated rings. The highest BCUT2D eigenvalue weighted by Gasteiger charge is 2.31. The molecule has 1 amide bonds. The van der Waals surface area contributed by atoms with Crippen LogP contribution >= 0.6 is 0 Å². The number of esters is 1. The van der Waals surface area contributed by atoms with E-state index in [0.29, 0.717) is 36.1 Å². The number of aryl methyl sites for hydroxylation is 1. The molecular formula is C18H21N5O3. The third-order valence-electron chi connectivity index (χ3n) is 4.18. The second kappa shape index (κ2) is 7.38. The van der Waals surface area contributed by atoms with Crippen LogP contribution < -0.4 is 16.0 Å². The Labute approximate surface area is 151 Å². The van der Waals surface area contributed by atoms with E-state index in [9.17, 15) is 9.59 Å². The number of nitrogens with one attached hydrogen (secondary N) is 1. The molecule has 1 aliphatic heterocycles. The molecule has 0 unspecified atom stereocenters. The SMILES string of the molecule is COC(=O)Cc1cccc(NCCN2C(=O)Cc3c(N)nc(C)nc32)c1. The van der Waals surface area contributed by atoms with Crippen LogP contribution in [-0.2, 0) is 27.2 Å². The van der Waals surface area contributed by atoms with Gasteiger partial charge in [0, 0.05) is 24.3 Å². The highest BCUT2D eigenvalue weighted by atomic mass is 16.5. The number of anilines is 3. The summed E-state index contributed by atoms with van der Waals surface area (Å²) >= 11 is 0. The summed E-state index contributed by atoms with van der Waals surface area (Å²) in [6.45, 7) is 2.75. The number of benzene rings is 1. The van der Waals surface area contributed by atoms with Gasteiger partial charge in [-0.25, -0.2) is 9.97 Å². The maximum absolute atomic E-state index is 12.3. The minimum Gasteiger partial charge on any atom is -0.469 e. The number of nitrogens with zero attached hydrogens (tertiary/aromatic N) is 3. The molecule has 0 saturated carbocycles. The number of ether oxygens (including phenoxy) is 1. The van der Waals surface area contributed by atoms with Crippen LogP contribution in [0.2, 0.25) is 0 Å². The minimum absolute atomic E-state index is 0.0344. The molecule has 26 heavy (non-hydrogen) atoms. The lowest BCUT2D eigenvalue weighted by atomic mass is 10.1. The highest BCUT2D eigenvalue weighted by molar-refractivity contribution is 6.01. The third-order valence-corrected chi connectivity index (χ3v) is 4.18. The Morgan fingerprint density at radius 1 is 1.38 bits per heavy atom. The van der Waals surface area contributed by atoms with Gasteiger partial charge in [0.05, 0.1) is 20.0 Å². The fourth-order valence-corrected chi connectivity index (χ4v) is 2.93. The zero-order valence-electron chi connectivity index (χ0n) is 14.8. The molecule has 2 aromatic rings. The second-order valence-electron chi connectivity index (χ2n) is 6.06. The van der Waals surface area contributed by atoms with E-state index < -0.39 is 0 Å². The topological polar surface area (TPSA) is 110 Å². The fourth-order valence-electron chi connectivity index (χ4n) is 2.93. The molecule has 8 nitrogen and oxygen atoms in total. The molecule has 136 valence electrons. The van der Waals surface area contributed by atoms with Crippen molar-refractivity contribution in [2.24, 2.45) is 0 Å². The van der Waals surface area contributed by atoms with Crippen LogP contribution in [0, 0.1) is 6.92 Å². The number of hydrogen-bond donors (Lipinski definition) is 2. The smallest absolute Gasteiger partial charge is 0.309 e. The summed E-state index contributed by atoms with van der Waals surface area (Å²) in [4.78, 5) is 33.8. The van der Waals surface area contributed by atoms with Crippen LogP contribution in [0.3, 0.4) is 0 Å². The maximum Gasteiger partial charge on any atom is 0.309 e. The predicted molar refractivity (Wildman–Crippen MR) is 97.9 cm³/mol. The first kappa shape index (κ1) is 17.7. The van der Waals surface area contributed by atoms with Gasteiger partial charge in [0.2, 0.25) is 5.91 Å². The summed E-state index contributed by atoms with van der Waals surface area (Å²) in [5, 5.41) is 3.26. The summed E-state index contributed by atoms with van der Waals surface area (Å²) < 4.78 is 4.68. The van der Waals surface area contributed by atoms with Crippen LogP contribution in [0.15, 0.2) is 24.3 Å². The molecule has 0 aliphatic carbocycles. The Kier molecular flexibility index (Phi) is 5.01. The van der Waals surface area contributed by atoms with Gasteiger partial charge in [0.15, 0.2) is 0 Å². The van der Waals surface area contributed by atoms with Crippen molar-refractivity contribution in [1.82, 2.24) is 9.97 Å². The lowest BCUT2D eigenvalue weighted by Crippen LogP contribution is -2.32. The minimum atomic E-state index is -0.283. The number of amides is 1. The molecule has 3 N–H and O–H groups in total. The molecule has 0 bridgehead atoms. The molecule has 0 atom stereocenters. The first-order valence-electron chi connectivity index (χ1n) is 8.31. The molecule has 0 saturated heterocycles. The molecule has 1 aliphatic rings. The summed E-state index contributed by atoms with van der Waals surface area (Å²) in [5.74, 6) is 1.19. The highest BCUT2D eigenvalue weighted by Crippen LogP contribution is 2.29. The molecule has 3 rings (SSSR count). The molecule has 0 radical (unpaired) electrons. The number of nitrogen functional groups attached to an aromatic ring is 1. The Bertz CT molecular complexity index is 853. The van der Waals surface area contributed by atoms with Gasteiger partial charge in [-0.15, -0.1) is 0 Å². The first-order valence-corrected chi connectivity index (χ1v) is 8.31. The zero-order valence-corrected chi connectivity index (χ0v) is 14.8. The van der Waals surface area contributed by atoms with Crippen molar-refractivity contribution in [3.8, 4) is 0 Å². The number of nitrogens with two attached hydrogens (primary N) is 1. The predicted octanol–water partition coefficient (Wildman–Crippen LogP) is 1.08. The molecular weight excluding hydrogens is 334 g/mol. The number of fused-ring (bicyclic) bond motifs is 1. The van der Waals surface area contributed by atoms with Gasteiger partial charge >= 0.3 is 5.97 Å². The number of carbonyl (C=O) groups is 2. The van der Waals surface area contributed by atoms with Gasteiger partial charge in [-0.05, 0) is 24.6 Å². The lowest BCUT2D eigenvalue weighted by Gasteiger charge is -2.17. The average molecular weight is 355 g/mol. The molecule has 1 aromatic carbocycles. The quantitative estimate of drug-likeness (QED) is 0.746. The number of carbonyl (C=O) groups excluding carboxylic acids is 2. The van der Waals surface area contributed by atoms with Crippen molar-refractivity contribution >= 4 is 29.2 Å². The van der Waals surface area contributed by atoms with Crippen LogP contribution in [0.5, 0.6) is 0 Å². The molecule has 8 heteroatoms. The Hall–Kier alpha value is -3.16. The van der Waals surface area contributed by atoms with Crippen molar-refractivity contribution in [2.75, 3.05) is 36.1 Å². The van der Waals surface area contributed by atoms with Gasteiger partial charge in [-0.3, -0.25) is 14.5 Å². The molecule has 1 aromatic heterocycles. The van der Waals surface area contributed by atoms with E-state index in [-0.39, 0.29) is 24.7 Å². The molecule has 0 spiro atoms. The van der Waals surface area contributed by atoms with Gasteiger partial charge in [-0.2, -0.15) is 0 Å². The van der Waals surface area contributed by atoms with E-state index in [1.54, 1.807) is 11.8 Å². The maximum atomic E-state index is 12.3. The third kappa shape index (κ3) is 3.74. The van der Waals surface area contributed by atoms with Gasteiger partial charge in [0.1, 0.15) is 17.5 Å². The van der Waals surface area contributed by atoms with Crippen molar-refractivity contribution in [2.45, 2.75) is 19.8 Å². The van der Waals surface area contributed by atoms with Crippen LogP contribution in [0.25, 0.3) is 0 Å². The van der Waals surface area contributed by atoms with E-state index in [2.05, 4.69) is 20.0 Å². The van der Waals surface area contributed by atoms with Gasteiger partial charge in [-0.1, -0.05) is 12.1 Å².